The minimum Gasteiger partial charge on any atom is -0.406 e. The van der Waals surface area contributed by atoms with Crippen LogP contribution in [-0.2, 0) is 7.05 Å². The molecule has 1 heterocycles. The van der Waals surface area contributed by atoms with Crippen molar-refractivity contribution in [3.05, 3.63) is 48.0 Å². The van der Waals surface area contributed by atoms with Crippen molar-refractivity contribution in [3.63, 3.8) is 0 Å². The fraction of sp³-hybridized carbons (Fsp3) is 0.211. The molecule has 1 aromatic heterocycles. The largest absolute Gasteiger partial charge is 0.573 e. The molecule has 0 saturated heterocycles. The lowest BCUT2D eigenvalue weighted by Crippen LogP contribution is -2.26. The number of ether oxygens (including phenoxy) is 1. The Morgan fingerprint density at radius 2 is 1.93 bits per heavy atom. The molecule has 6 nitrogen and oxygen atoms in total. The monoisotopic (exact) mass is 388 g/mol. The van der Waals surface area contributed by atoms with Crippen molar-refractivity contribution < 1.29 is 22.7 Å². The van der Waals surface area contributed by atoms with Gasteiger partial charge in [0.05, 0.1) is 11.6 Å². The van der Waals surface area contributed by atoms with Crippen molar-refractivity contribution in [2.45, 2.75) is 6.36 Å². The summed E-state index contributed by atoms with van der Waals surface area (Å²) in [6.45, 7) is -0.0279. The molecule has 9 heteroatoms. The number of rotatable bonds is 4. The highest BCUT2D eigenvalue weighted by atomic mass is 19.4. The van der Waals surface area contributed by atoms with E-state index < -0.39 is 6.36 Å². The normalized spacial score (nSPS) is 11.3. The molecule has 0 bridgehead atoms. The van der Waals surface area contributed by atoms with Gasteiger partial charge in [0.2, 0.25) is 0 Å². The zero-order valence-electron chi connectivity index (χ0n) is 15.0. The standard InChI is InChI=1S/C19H15F3N4O2/c1-25(10-9-23)18(27)13-5-8-15-16(11-13)26(2)24-17(15)12-3-6-14(7-4-12)28-19(20,21)22/h3-8,11H,10H2,1-2H3. The van der Waals surface area contributed by atoms with Gasteiger partial charge in [0.15, 0.2) is 0 Å². The second-order valence-corrected chi connectivity index (χ2v) is 6.10. The van der Waals surface area contributed by atoms with Crippen LogP contribution in [0.5, 0.6) is 5.75 Å². The van der Waals surface area contributed by atoms with E-state index >= 15 is 0 Å². The number of carbonyl (C=O) groups excluding carboxylic acids is 1. The third-order valence-electron chi connectivity index (χ3n) is 4.11. The number of benzene rings is 2. The maximum atomic E-state index is 12.4. The van der Waals surface area contributed by atoms with Crippen LogP contribution in [0.2, 0.25) is 0 Å². The number of nitrogens with zero attached hydrogens (tertiary/aromatic N) is 4. The van der Waals surface area contributed by atoms with Gasteiger partial charge in [0.25, 0.3) is 5.91 Å². The summed E-state index contributed by atoms with van der Waals surface area (Å²) < 4.78 is 42.4. The van der Waals surface area contributed by atoms with E-state index in [1.807, 2.05) is 6.07 Å². The number of aromatic nitrogens is 2. The highest BCUT2D eigenvalue weighted by Gasteiger charge is 2.31. The Morgan fingerprint density at radius 3 is 2.54 bits per heavy atom. The molecule has 0 spiro atoms. The van der Waals surface area contributed by atoms with Gasteiger partial charge in [0, 0.05) is 30.6 Å². The Balaban J connectivity index is 1.96. The molecule has 3 aromatic rings. The molecule has 0 saturated carbocycles. The van der Waals surface area contributed by atoms with Crippen LogP contribution < -0.4 is 4.74 Å². The molecule has 0 aliphatic rings. The third kappa shape index (κ3) is 3.91. The summed E-state index contributed by atoms with van der Waals surface area (Å²) in [4.78, 5) is 13.7. The summed E-state index contributed by atoms with van der Waals surface area (Å²) in [5.74, 6) is -0.607. The molecule has 0 N–H and O–H groups in total. The molecule has 144 valence electrons. The average Bonchev–Trinajstić information content (AvgIpc) is 2.97. The Labute approximate surface area is 158 Å². The fourth-order valence-electron chi connectivity index (χ4n) is 2.82. The van der Waals surface area contributed by atoms with Crippen LogP contribution in [0.25, 0.3) is 22.2 Å². The van der Waals surface area contributed by atoms with Gasteiger partial charge in [-0.05, 0) is 42.5 Å². The van der Waals surface area contributed by atoms with E-state index in [9.17, 15) is 18.0 Å². The maximum absolute atomic E-state index is 12.4. The van der Waals surface area contributed by atoms with Crippen LogP contribution in [0.3, 0.4) is 0 Å². The number of amides is 1. The van der Waals surface area contributed by atoms with Crippen LogP contribution in [0.4, 0.5) is 13.2 Å². The van der Waals surface area contributed by atoms with Crippen LogP contribution in [0, 0.1) is 11.3 Å². The van der Waals surface area contributed by atoms with Crippen molar-refractivity contribution in [2.75, 3.05) is 13.6 Å². The minimum absolute atomic E-state index is 0.0279. The predicted octanol–water partition coefficient (Wildman–Crippen LogP) is 3.73. The first-order valence-corrected chi connectivity index (χ1v) is 8.15. The molecule has 0 aliphatic heterocycles. The number of alkyl halides is 3. The van der Waals surface area contributed by atoms with Crippen LogP contribution in [-0.4, -0.2) is 40.5 Å². The van der Waals surface area contributed by atoms with Gasteiger partial charge in [-0.2, -0.15) is 10.4 Å². The van der Waals surface area contributed by atoms with Crippen molar-refractivity contribution in [3.8, 4) is 23.1 Å². The fourth-order valence-corrected chi connectivity index (χ4v) is 2.82. The van der Waals surface area contributed by atoms with E-state index in [0.29, 0.717) is 22.3 Å². The van der Waals surface area contributed by atoms with E-state index in [2.05, 4.69) is 9.84 Å². The van der Waals surface area contributed by atoms with Crippen molar-refractivity contribution in [1.82, 2.24) is 14.7 Å². The topological polar surface area (TPSA) is 71.2 Å². The summed E-state index contributed by atoms with van der Waals surface area (Å²) >= 11 is 0. The van der Waals surface area contributed by atoms with Gasteiger partial charge in [-0.25, -0.2) is 0 Å². The molecular formula is C19H15F3N4O2. The van der Waals surface area contributed by atoms with E-state index in [0.717, 1.165) is 5.39 Å². The molecule has 0 unspecified atom stereocenters. The lowest BCUT2D eigenvalue weighted by Gasteiger charge is -2.13. The molecule has 0 radical (unpaired) electrons. The van der Waals surface area contributed by atoms with Gasteiger partial charge in [0.1, 0.15) is 18.0 Å². The lowest BCUT2D eigenvalue weighted by atomic mass is 10.1. The summed E-state index contributed by atoms with van der Waals surface area (Å²) in [6.07, 6.45) is -4.75. The molecule has 2 aromatic carbocycles. The third-order valence-corrected chi connectivity index (χ3v) is 4.11. The second-order valence-electron chi connectivity index (χ2n) is 6.10. The van der Waals surface area contributed by atoms with E-state index in [1.165, 1.54) is 36.2 Å². The van der Waals surface area contributed by atoms with Gasteiger partial charge in [-0.15, -0.1) is 13.2 Å². The van der Waals surface area contributed by atoms with Crippen LogP contribution >= 0.6 is 0 Å². The number of aryl methyl sites for hydroxylation is 1. The van der Waals surface area contributed by atoms with Gasteiger partial charge in [-0.3, -0.25) is 9.48 Å². The highest BCUT2D eigenvalue weighted by molar-refractivity contribution is 6.01. The molecule has 1 amide bonds. The first-order valence-electron chi connectivity index (χ1n) is 8.15. The maximum Gasteiger partial charge on any atom is 0.573 e. The van der Waals surface area contributed by atoms with Crippen molar-refractivity contribution >= 4 is 16.8 Å². The number of fused-ring (bicyclic) bond motifs is 1. The highest BCUT2D eigenvalue weighted by Crippen LogP contribution is 2.31. The average molecular weight is 388 g/mol. The first kappa shape index (κ1) is 19.2. The number of halogens is 3. The Hall–Kier alpha value is -3.54. The Morgan fingerprint density at radius 1 is 1.25 bits per heavy atom. The Bertz CT molecular complexity index is 1070. The van der Waals surface area contributed by atoms with E-state index in [-0.39, 0.29) is 18.2 Å². The van der Waals surface area contributed by atoms with Gasteiger partial charge in [-0.1, -0.05) is 0 Å². The SMILES string of the molecule is CN(CC#N)C(=O)c1ccc2c(-c3ccc(OC(F)(F)F)cc3)nn(C)c2c1. The first-order chi connectivity index (χ1) is 13.2. The number of nitriles is 1. The summed E-state index contributed by atoms with van der Waals surface area (Å²) in [6, 6.07) is 12.4. The number of hydrogen-bond donors (Lipinski definition) is 0. The lowest BCUT2D eigenvalue weighted by molar-refractivity contribution is -0.274. The van der Waals surface area contributed by atoms with E-state index in [4.69, 9.17) is 5.26 Å². The molecule has 28 heavy (non-hydrogen) atoms. The number of hydrogen-bond acceptors (Lipinski definition) is 4. The smallest absolute Gasteiger partial charge is 0.406 e. The molecule has 3 rings (SSSR count). The summed E-state index contributed by atoms with van der Waals surface area (Å²) in [5.41, 5.74) is 2.27. The zero-order chi connectivity index (χ0) is 20.5. The second kappa shape index (κ2) is 7.23. The molecular weight excluding hydrogens is 373 g/mol. The van der Waals surface area contributed by atoms with Gasteiger partial charge < -0.3 is 9.64 Å². The molecule has 0 atom stereocenters. The van der Waals surface area contributed by atoms with Crippen LogP contribution in [0.1, 0.15) is 10.4 Å². The summed E-state index contributed by atoms with van der Waals surface area (Å²) in [5, 5.41) is 13.9. The Kier molecular flexibility index (Phi) is 4.96. The predicted molar refractivity (Wildman–Crippen MR) is 95.4 cm³/mol. The zero-order valence-corrected chi connectivity index (χ0v) is 15.0. The molecule has 0 aliphatic carbocycles. The number of carbonyl (C=O) groups is 1. The molecule has 0 fully saturated rings. The minimum atomic E-state index is -4.75. The van der Waals surface area contributed by atoms with Crippen molar-refractivity contribution in [1.29, 1.82) is 5.26 Å². The van der Waals surface area contributed by atoms with Crippen LogP contribution in [0.15, 0.2) is 42.5 Å². The summed E-state index contributed by atoms with van der Waals surface area (Å²) in [7, 11) is 3.25. The van der Waals surface area contributed by atoms with Crippen molar-refractivity contribution in [2.24, 2.45) is 7.05 Å². The quantitative estimate of drug-likeness (QED) is 0.639. The van der Waals surface area contributed by atoms with E-state index in [1.54, 1.807) is 29.9 Å². The van der Waals surface area contributed by atoms with Gasteiger partial charge >= 0.3 is 6.36 Å².